The molecular weight excluding hydrogens is 218 g/mol. The van der Waals surface area contributed by atoms with Gasteiger partial charge in [0.25, 0.3) is 5.91 Å². The first-order valence-corrected chi connectivity index (χ1v) is 4.78. The van der Waals surface area contributed by atoms with Crippen LogP contribution in [0.3, 0.4) is 0 Å². The minimum absolute atomic E-state index is 0.0611. The number of Topliss-reactive ketones (excluding diaryl/α,β-unsaturated/α-hetero) is 1. The molecule has 1 fully saturated rings. The van der Waals surface area contributed by atoms with Crippen LogP contribution in [0.5, 0.6) is 0 Å². The van der Waals surface area contributed by atoms with Gasteiger partial charge < -0.3 is 0 Å². The molecule has 78 valence electrons. The van der Waals surface area contributed by atoms with Crippen molar-refractivity contribution in [2.45, 2.75) is 6.42 Å². The topological polar surface area (TPSA) is 46.6 Å². The van der Waals surface area contributed by atoms with Crippen molar-refractivity contribution in [3.8, 4) is 0 Å². The first-order valence-electron chi connectivity index (χ1n) is 4.40. The first kappa shape index (κ1) is 10.1. The average Bonchev–Trinajstić information content (AvgIpc) is 2.20. The zero-order chi connectivity index (χ0) is 10.8. The molecule has 1 heterocycles. The van der Waals surface area contributed by atoms with E-state index in [1.54, 1.807) is 24.3 Å². The molecule has 0 bridgehead atoms. The Hall–Kier alpha value is -1.39. The summed E-state index contributed by atoms with van der Waals surface area (Å²) in [7, 11) is 0. The number of hydroxylamine groups is 1. The van der Waals surface area contributed by atoms with Crippen LogP contribution in [0, 0.1) is 0 Å². The molecule has 5 heteroatoms. The third-order valence-electron chi connectivity index (χ3n) is 1.99. The van der Waals surface area contributed by atoms with E-state index in [1.165, 1.54) is 0 Å². The number of benzene rings is 1. The highest BCUT2D eigenvalue weighted by Gasteiger charge is 2.26. The summed E-state index contributed by atoms with van der Waals surface area (Å²) in [6, 6.07) is 6.64. The Bertz CT molecular complexity index is 402. The lowest BCUT2D eigenvalue weighted by atomic mass is 10.2. The normalized spacial score (nSPS) is 17.0. The van der Waals surface area contributed by atoms with Crippen LogP contribution >= 0.6 is 11.6 Å². The summed E-state index contributed by atoms with van der Waals surface area (Å²) in [5.74, 6) is -0.557. The number of ketones is 1. The van der Waals surface area contributed by atoms with E-state index in [1.807, 2.05) is 0 Å². The van der Waals surface area contributed by atoms with E-state index < -0.39 is 0 Å². The summed E-state index contributed by atoms with van der Waals surface area (Å²) in [5.41, 5.74) is 0.580. The molecule has 0 spiro atoms. The van der Waals surface area contributed by atoms with Gasteiger partial charge >= 0.3 is 0 Å². The van der Waals surface area contributed by atoms with Gasteiger partial charge in [0.15, 0.2) is 5.78 Å². The van der Waals surface area contributed by atoms with Crippen molar-refractivity contribution in [3.05, 3.63) is 29.3 Å². The smallest absolute Gasteiger partial charge is 0.258 e. The second-order valence-corrected chi connectivity index (χ2v) is 3.59. The van der Waals surface area contributed by atoms with Crippen molar-refractivity contribution in [2.75, 3.05) is 11.7 Å². The van der Waals surface area contributed by atoms with Crippen LogP contribution in [0.25, 0.3) is 0 Å². The van der Waals surface area contributed by atoms with E-state index in [9.17, 15) is 9.59 Å². The molecule has 1 aliphatic rings. The summed E-state index contributed by atoms with van der Waals surface area (Å²) in [5, 5.41) is 1.71. The SMILES string of the molecule is O=C1CON(c2ccc(Cl)cc2)C(=O)C1. The Kier molecular flexibility index (Phi) is 2.70. The average molecular weight is 226 g/mol. The molecule has 1 amide bonds. The largest absolute Gasteiger partial charge is 0.296 e. The second kappa shape index (κ2) is 4.00. The molecule has 0 unspecified atom stereocenters. The van der Waals surface area contributed by atoms with Crippen LogP contribution in [0.15, 0.2) is 24.3 Å². The van der Waals surface area contributed by atoms with Crippen molar-refractivity contribution < 1.29 is 14.4 Å². The van der Waals surface area contributed by atoms with Crippen LogP contribution in [0.4, 0.5) is 5.69 Å². The maximum absolute atomic E-state index is 11.4. The Balaban J connectivity index is 2.20. The molecule has 2 rings (SSSR count). The molecule has 1 saturated heterocycles. The molecule has 1 aromatic carbocycles. The van der Waals surface area contributed by atoms with Crippen LogP contribution < -0.4 is 5.06 Å². The van der Waals surface area contributed by atoms with Crippen molar-refractivity contribution >= 4 is 29.0 Å². The Morgan fingerprint density at radius 1 is 1.20 bits per heavy atom. The number of carbonyl (C=O) groups excluding carboxylic acids is 2. The van der Waals surface area contributed by atoms with E-state index in [4.69, 9.17) is 16.4 Å². The highest BCUT2D eigenvalue weighted by molar-refractivity contribution is 6.30. The predicted molar refractivity (Wildman–Crippen MR) is 54.5 cm³/mol. The molecule has 0 saturated carbocycles. The summed E-state index contributed by atoms with van der Waals surface area (Å²) in [4.78, 5) is 27.4. The fourth-order valence-corrected chi connectivity index (χ4v) is 1.42. The van der Waals surface area contributed by atoms with Gasteiger partial charge in [-0.05, 0) is 24.3 Å². The maximum atomic E-state index is 11.4. The number of halogens is 1. The van der Waals surface area contributed by atoms with Gasteiger partial charge in [-0.15, -0.1) is 0 Å². The fraction of sp³-hybridized carbons (Fsp3) is 0.200. The molecule has 0 radical (unpaired) electrons. The molecule has 0 atom stereocenters. The van der Waals surface area contributed by atoms with E-state index in [0.29, 0.717) is 10.7 Å². The van der Waals surface area contributed by atoms with Crippen molar-refractivity contribution in [3.63, 3.8) is 0 Å². The summed E-state index contributed by atoms with van der Waals surface area (Å²) >= 11 is 5.71. The summed E-state index contributed by atoms with van der Waals surface area (Å²) < 4.78 is 0. The number of rotatable bonds is 1. The lowest BCUT2D eigenvalue weighted by Crippen LogP contribution is -2.40. The molecule has 15 heavy (non-hydrogen) atoms. The van der Waals surface area contributed by atoms with E-state index in [0.717, 1.165) is 5.06 Å². The molecule has 4 nitrogen and oxygen atoms in total. The minimum atomic E-state index is -0.353. The van der Waals surface area contributed by atoms with Gasteiger partial charge in [-0.25, -0.2) is 0 Å². The molecule has 0 aliphatic carbocycles. The number of hydrogen-bond donors (Lipinski definition) is 0. The van der Waals surface area contributed by atoms with E-state index in [2.05, 4.69) is 0 Å². The summed E-state index contributed by atoms with van der Waals surface area (Å²) in [6.07, 6.45) is -0.109. The Morgan fingerprint density at radius 2 is 1.87 bits per heavy atom. The number of nitrogens with zero attached hydrogens (tertiary/aromatic N) is 1. The molecule has 1 aromatic rings. The first-order chi connectivity index (χ1) is 7.16. The number of hydrogen-bond acceptors (Lipinski definition) is 3. The number of amides is 1. The van der Waals surface area contributed by atoms with Gasteiger partial charge in [-0.3, -0.25) is 14.4 Å². The minimum Gasteiger partial charge on any atom is -0.296 e. The lowest BCUT2D eigenvalue weighted by Gasteiger charge is -2.24. The quantitative estimate of drug-likeness (QED) is 0.682. The van der Waals surface area contributed by atoms with Gasteiger partial charge in [-0.1, -0.05) is 11.6 Å². The Labute approximate surface area is 91.3 Å². The van der Waals surface area contributed by atoms with Crippen LogP contribution in [-0.4, -0.2) is 18.3 Å². The van der Waals surface area contributed by atoms with Gasteiger partial charge in [0, 0.05) is 5.02 Å². The molecule has 0 N–H and O–H groups in total. The third kappa shape index (κ3) is 2.16. The van der Waals surface area contributed by atoms with Crippen molar-refractivity contribution in [2.24, 2.45) is 0 Å². The highest BCUT2D eigenvalue weighted by Crippen LogP contribution is 2.20. The van der Waals surface area contributed by atoms with E-state index >= 15 is 0 Å². The monoisotopic (exact) mass is 225 g/mol. The van der Waals surface area contributed by atoms with Crippen molar-refractivity contribution in [1.29, 1.82) is 0 Å². The highest BCUT2D eigenvalue weighted by atomic mass is 35.5. The molecule has 0 aromatic heterocycles. The fourth-order valence-electron chi connectivity index (χ4n) is 1.30. The van der Waals surface area contributed by atoms with Gasteiger partial charge in [-0.2, -0.15) is 5.06 Å². The lowest BCUT2D eigenvalue weighted by molar-refractivity contribution is -0.141. The van der Waals surface area contributed by atoms with Gasteiger partial charge in [0.2, 0.25) is 0 Å². The predicted octanol–water partition coefficient (Wildman–Crippen LogP) is 1.58. The third-order valence-corrected chi connectivity index (χ3v) is 2.24. The Morgan fingerprint density at radius 3 is 2.47 bits per heavy atom. The zero-order valence-corrected chi connectivity index (χ0v) is 8.53. The zero-order valence-electron chi connectivity index (χ0n) is 7.77. The standard InChI is InChI=1S/C10H8ClNO3/c11-7-1-3-8(4-2-7)12-10(14)5-9(13)6-15-12/h1-4H,5-6H2. The molecular formula is C10H8ClNO3. The van der Waals surface area contributed by atoms with Crippen LogP contribution in [0.1, 0.15) is 6.42 Å². The van der Waals surface area contributed by atoms with Crippen LogP contribution in [-0.2, 0) is 14.4 Å². The number of anilines is 1. The second-order valence-electron chi connectivity index (χ2n) is 3.15. The molecule has 1 aliphatic heterocycles. The maximum Gasteiger partial charge on any atom is 0.258 e. The van der Waals surface area contributed by atoms with E-state index in [-0.39, 0.29) is 24.7 Å². The van der Waals surface area contributed by atoms with Crippen LogP contribution in [0.2, 0.25) is 5.02 Å². The van der Waals surface area contributed by atoms with Crippen molar-refractivity contribution in [1.82, 2.24) is 0 Å². The van der Waals surface area contributed by atoms with Gasteiger partial charge in [0.05, 0.1) is 12.1 Å². The van der Waals surface area contributed by atoms with Gasteiger partial charge in [0.1, 0.15) is 6.61 Å². The summed E-state index contributed by atoms with van der Waals surface area (Å²) in [6.45, 7) is -0.0611. The number of carbonyl (C=O) groups is 2.